The number of rotatable bonds is 4. The molecule has 0 aliphatic carbocycles. The number of hydrogen-bond acceptors (Lipinski definition) is 8. The molecule has 0 saturated carbocycles. The minimum absolute atomic E-state index is 0.237. The van der Waals surface area contributed by atoms with Crippen LogP contribution in [0.4, 0.5) is 4.39 Å². The lowest BCUT2D eigenvalue weighted by Crippen LogP contribution is -2.45. The summed E-state index contributed by atoms with van der Waals surface area (Å²) in [6, 6.07) is 10.1. The average Bonchev–Trinajstić information content (AvgIpc) is 3.44. The Balaban J connectivity index is 1.54. The molecular weight excluding hydrogens is 363 g/mol. The minimum Gasteiger partial charge on any atom is -0.382 e. The van der Waals surface area contributed by atoms with Crippen molar-refractivity contribution >= 4 is 11.7 Å². The Labute approximate surface area is 158 Å². The van der Waals surface area contributed by atoms with E-state index in [0.717, 1.165) is 5.57 Å². The summed E-state index contributed by atoms with van der Waals surface area (Å²) in [4.78, 5) is 4.40. The molecule has 0 saturated heterocycles. The molecule has 0 radical (unpaired) electrons. The van der Waals surface area contributed by atoms with E-state index < -0.39 is 0 Å². The number of benzene rings is 1. The molecule has 140 valence electrons. The van der Waals surface area contributed by atoms with Crippen molar-refractivity contribution in [2.75, 3.05) is 0 Å². The Hall–Kier alpha value is -3.95. The van der Waals surface area contributed by atoms with Crippen molar-refractivity contribution in [3.8, 4) is 11.4 Å². The van der Waals surface area contributed by atoms with E-state index in [-0.39, 0.29) is 18.5 Å². The van der Waals surface area contributed by atoms with Crippen molar-refractivity contribution < 1.29 is 8.91 Å². The Morgan fingerprint density at radius 2 is 2.11 bits per heavy atom. The van der Waals surface area contributed by atoms with E-state index in [2.05, 4.69) is 31.1 Å². The van der Waals surface area contributed by atoms with Crippen LogP contribution in [0.25, 0.3) is 11.4 Å². The molecule has 9 nitrogen and oxygen atoms in total. The third-order valence-electron chi connectivity index (χ3n) is 4.54. The standard InChI is InChI=1S/C18H15FN8O/c19-12-4-2-1-3-10(12)9-27-15(13-5-6-28-26-13)7-14(25-27)18-21-8-11-16(20)23-24-17(11)22-18/h1-8,17,24H,9H2,(H2,20,23)(H,21,22). The number of aliphatic imine (C=N–C) groups is 1. The summed E-state index contributed by atoms with van der Waals surface area (Å²) < 4.78 is 20.8. The van der Waals surface area contributed by atoms with Crippen LogP contribution in [-0.2, 0) is 6.54 Å². The summed E-state index contributed by atoms with van der Waals surface area (Å²) in [5.74, 6) is 0.644. The Bertz CT molecular complexity index is 1130. The van der Waals surface area contributed by atoms with Gasteiger partial charge in [-0.2, -0.15) is 10.2 Å². The molecule has 1 atom stereocenters. The first kappa shape index (κ1) is 16.2. The number of hydrogen-bond donors (Lipinski definition) is 3. The molecule has 3 aromatic rings. The zero-order valence-electron chi connectivity index (χ0n) is 14.5. The maximum atomic E-state index is 14.1. The molecule has 0 bridgehead atoms. The molecule has 1 aromatic carbocycles. The molecule has 2 aromatic heterocycles. The monoisotopic (exact) mass is 378 g/mol. The van der Waals surface area contributed by atoms with Crippen molar-refractivity contribution in [3.63, 3.8) is 0 Å². The van der Waals surface area contributed by atoms with Crippen molar-refractivity contribution in [1.29, 1.82) is 0 Å². The number of fused-ring (bicyclic) bond motifs is 1. The minimum atomic E-state index is -0.297. The highest BCUT2D eigenvalue weighted by atomic mass is 19.1. The van der Waals surface area contributed by atoms with Crippen molar-refractivity contribution in [3.05, 3.63) is 71.5 Å². The number of aromatic nitrogens is 3. The van der Waals surface area contributed by atoms with Gasteiger partial charge in [-0.15, -0.1) is 0 Å². The Morgan fingerprint density at radius 3 is 2.93 bits per heavy atom. The Morgan fingerprint density at radius 1 is 1.21 bits per heavy atom. The van der Waals surface area contributed by atoms with Gasteiger partial charge in [0.15, 0.2) is 11.7 Å². The molecule has 1 unspecified atom stereocenters. The summed E-state index contributed by atoms with van der Waals surface area (Å²) in [5, 5.41) is 15.8. The van der Waals surface area contributed by atoms with Gasteiger partial charge in [-0.3, -0.25) is 10.1 Å². The number of amidine groups is 2. The number of nitrogens with one attached hydrogen (secondary N) is 2. The van der Waals surface area contributed by atoms with E-state index >= 15 is 0 Å². The SMILES string of the molecule is NC1=NNC2NC(c3cc(-c4ccon4)n(Cc4ccccc4F)n3)=NC=C12. The van der Waals surface area contributed by atoms with Crippen LogP contribution in [-0.4, -0.2) is 32.8 Å². The molecule has 2 aliphatic rings. The van der Waals surface area contributed by atoms with Crippen molar-refractivity contribution in [2.45, 2.75) is 12.7 Å². The number of nitrogens with zero attached hydrogens (tertiary/aromatic N) is 5. The quantitative estimate of drug-likeness (QED) is 0.627. The highest BCUT2D eigenvalue weighted by Crippen LogP contribution is 2.22. The molecule has 4 heterocycles. The smallest absolute Gasteiger partial charge is 0.155 e. The zero-order chi connectivity index (χ0) is 19.1. The predicted molar refractivity (Wildman–Crippen MR) is 99.5 cm³/mol. The van der Waals surface area contributed by atoms with Crippen LogP contribution in [0.5, 0.6) is 0 Å². The second-order valence-electron chi connectivity index (χ2n) is 6.31. The van der Waals surface area contributed by atoms with Crippen molar-refractivity contribution in [2.24, 2.45) is 15.8 Å². The molecule has 28 heavy (non-hydrogen) atoms. The van der Waals surface area contributed by atoms with Crippen LogP contribution in [0.2, 0.25) is 0 Å². The lowest BCUT2D eigenvalue weighted by Gasteiger charge is -2.19. The van der Waals surface area contributed by atoms with Crippen LogP contribution in [0.1, 0.15) is 11.3 Å². The maximum Gasteiger partial charge on any atom is 0.155 e. The van der Waals surface area contributed by atoms with E-state index in [9.17, 15) is 4.39 Å². The van der Waals surface area contributed by atoms with E-state index in [4.69, 9.17) is 10.3 Å². The lowest BCUT2D eigenvalue weighted by molar-refractivity contribution is 0.421. The summed E-state index contributed by atoms with van der Waals surface area (Å²) >= 11 is 0. The second kappa shape index (κ2) is 6.34. The van der Waals surface area contributed by atoms with E-state index in [1.807, 2.05) is 6.07 Å². The van der Waals surface area contributed by atoms with Crippen molar-refractivity contribution in [1.82, 2.24) is 25.7 Å². The molecule has 4 N–H and O–H groups in total. The van der Waals surface area contributed by atoms with E-state index in [1.54, 1.807) is 35.1 Å². The van der Waals surface area contributed by atoms with Crippen LogP contribution < -0.4 is 16.5 Å². The van der Waals surface area contributed by atoms with Gasteiger partial charge in [-0.1, -0.05) is 23.4 Å². The molecular formula is C18H15FN8O. The van der Waals surface area contributed by atoms with Crippen LogP contribution in [0, 0.1) is 5.82 Å². The number of halogens is 1. The third-order valence-corrected chi connectivity index (χ3v) is 4.54. The third kappa shape index (κ3) is 2.71. The van der Waals surface area contributed by atoms with E-state index in [1.165, 1.54) is 12.3 Å². The van der Waals surface area contributed by atoms with Gasteiger partial charge in [0.2, 0.25) is 0 Å². The van der Waals surface area contributed by atoms with Gasteiger partial charge < -0.3 is 15.6 Å². The largest absolute Gasteiger partial charge is 0.382 e. The maximum absolute atomic E-state index is 14.1. The molecule has 0 amide bonds. The highest BCUT2D eigenvalue weighted by molar-refractivity contribution is 6.05. The van der Waals surface area contributed by atoms with Crippen LogP contribution in [0.3, 0.4) is 0 Å². The Kier molecular flexibility index (Phi) is 3.68. The molecule has 0 fully saturated rings. The highest BCUT2D eigenvalue weighted by Gasteiger charge is 2.28. The first-order valence-electron chi connectivity index (χ1n) is 8.55. The van der Waals surface area contributed by atoms with Gasteiger partial charge in [-0.25, -0.2) is 9.38 Å². The molecule has 0 spiro atoms. The van der Waals surface area contributed by atoms with Gasteiger partial charge >= 0.3 is 0 Å². The summed E-state index contributed by atoms with van der Waals surface area (Å²) in [6.07, 6.45) is 2.87. The topological polar surface area (TPSA) is 119 Å². The normalized spacial score (nSPS) is 17.9. The lowest BCUT2D eigenvalue weighted by atomic mass is 10.2. The fourth-order valence-corrected chi connectivity index (χ4v) is 3.11. The van der Waals surface area contributed by atoms with Gasteiger partial charge in [0.05, 0.1) is 17.8 Å². The summed E-state index contributed by atoms with van der Waals surface area (Å²) in [5.41, 5.74) is 11.8. The summed E-state index contributed by atoms with van der Waals surface area (Å²) in [7, 11) is 0. The van der Waals surface area contributed by atoms with E-state index in [0.29, 0.717) is 34.3 Å². The summed E-state index contributed by atoms with van der Waals surface area (Å²) in [6.45, 7) is 0.237. The molecule has 10 heteroatoms. The first-order valence-corrected chi connectivity index (χ1v) is 8.55. The first-order chi connectivity index (χ1) is 13.7. The van der Waals surface area contributed by atoms with Gasteiger partial charge in [0.25, 0.3) is 0 Å². The molecule has 5 rings (SSSR count). The van der Waals surface area contributed by atoms with Crippen LogP contribution >= 0.6 is 0 Å². The van der Waals surface area contributed by atoms with Crippen LogP contribution in [0.15, 0.2) is 69.1 Å². The van der Waals surface area contributed by atoms with Gasteiger partial charge in [0.1, 0.15) is 29.6 Å². The average molecular weight is 378 g/mol. The van der Waals surface area contributed by atoms with Gasteiger partial charge in [-0.05, 0) is 12.1 Å². The second-order valence-corrected chi connectivity index (χ2v) is 6.31. The fraction of sp³-hybridized carbons (Fsp3) is 0.111. The predicted octanol–water partition coefficient (Wildman–Crippen LogP) is 1.16. The fourth-order valence-electron chi connectivity index (χ4n) is 3.11. The zero-order valence-corrected chi connectivity index (χ0v) is 14.5. The number of hydrazone groups is 1. The molecule has 2 aliphatic heterocycles. The number of nitrogens with two attached hydrogens (primary N) is 1. The van der Waals surface area contributed by atoms with Gasteiger partial charge in [0, 0.05) is 17.8 Å².